The molecule has 1 heterocycles. The van der Waals surface area contributed by atoms with Gasteiger partial charge in [-0.1, -0.05) is 30.7 Å². The third-order valence-corrected chi connectivity index (χ3v) is 6.75. The van der Waals surface area contributed by atoms with Gasteiger partial charge in [-0.25, -0.2) is 8.42 Å². The molecule has 1 aliphatic heterocycles. The lowest BCUT2D eigenvalue weighted by Crippen LogP contribution is -2.50. The van der Waals surface area contributed by atoms with Crippen LogP contribution in [-0.4, -0.2) is 49.7 Å². The highest BCUT2D eigenvalue weighted by atomic mass is 35.5. The number of rotatable bonds is 4. The lowest BCUT2D eigenvalue weighted by molar-refractivity contribution is 0.0698. The molecule has 2 aromatic rings. The van der Waals surface area contributed by atoms with E-state index < -0.39 is 10.0 Å². The summed E-state index contributed by atoms with van der Waals surface area (Å²) in [6.45, 7) is 3.38. The predicted octanol–water partition coefficient (Wildman–Crippen LogP) is 3.05. The van der Waals surface area contributed by atoms with E-state index >= 15 is 0 Å². The number of benzene rings is 2. The van der Waals surface area contributed by atoms with Crippen LogP contribution in [0.2, 0.25) is 5.02 Å². The maximum atomic E-state index is 12.7. The average molecular weight is 393 g/mol. The highest BCUT2D eigenvalue weighted by Crippen LogP contribution is 2.20. The van der Waals surface area contributed by atoms with Gasteiger partial charge in [-0.05, 0) is 48.4 Å². The predicted molar refractivity (Wildman–Crippen MR) is 102 cm³/mol. The van der Waals surface area contributed by atoms with Crippen molar-refractivity contribution in [3.05, 3.63) is 64.7 Å². The highest BCUT2D eigenvalue weighted by molar-refractivity contribution is 7.89. The average Bonchev–Trinajstić information content (AvgIpc) is 2.68. The number of hydrogen-bond donors (Lipinski definition) is 0. The van der Waals surface area contributed by atoms with Crippen molar-refractivity contribution in [2.75, 3.05) is 26.2 Å². The zero-order valence-corrected chi connectivity index (χ0v) is 16.1. The standard InChI is InChI=1S/C19H21ClN2O3S/c1-2-15-3-5-16(6-4-15)19(23)21-11-13-22(14-12-21)26(24,25)18-9-7-17(20)8-10-18/h3-10H,2,11-14H2,1H3. The first-order valence-corrected chi connectivity index (χ1v) is 10.4. The number of hydrogen-bond acceptors (Lipinski definition) is 3. The van der Waals surface area contributed by atoms with E-state index in [1.165, 1.54) is 22.0 Å². The van der Waals surface area contributed by atoms with Crippen LogP contribution in [0.4, 0.5) is 0 Å². The summed E-state index contributed by atoms with van der Waals surface area (Å²) in [5, 5.41) is 0.494. The molecule has 0 spiro atoms. The summed E-state index contributed by atoms with van der Waals surface area (Å²) in [5.74, 6) is -0.0591. The Morgan fingerprint density at radius 3 is 2.08 bits per heavy atom. The van der Waals surface area contributed by atoms with Gasteiger partial charge in [0.15, 0.2) is 0 Å². The van der Waals surface area contributed by atoms with E-state index in [0.717, 1.165) is 6.42 Å². The molecule has 0 aliphatic carbocycles. The lowest BCUT2D eigenvalue weighted by Gasteiger charge is -2.34. The Morgan fingerprint density at radius 1 is 0.962 bits per heavy atom. The van der Waals surface area contributed by atoms with Gasteiger partial charge in [-0.2, -0.15) is 4.31 Å². The molecule has 5 nitrogen and oxygen atoms in total. The molecule has 0 bridgehead atoms. The monoisotopic (exact) mass is 392 g/mol. The summed E-state index contributed by atoms with van der Waals surface area (Å²) < 4.78 is 26.8. The number of carbonyl (C=O) groups excluding carboxylic acids is 1. The zero-order chi connectivity index (χ0) is 18.7. The number of amides is 1. The number of nitrogens with zero attached hydrogens (tertiary/aromatic N) is 2. The second-order valence-electron chi connectivity index (χ2n) is 6.20. The van der Waals surface area contributed by atoms with E-state index in [1.807, 2.05) is 24.3 Å². The number of aryl methyl sites for hydroxylation is 1. The molecule has 0 radical (unpaired) electrons. The Balaban J connectivity index is 1.66. The van der Waals surface area contributed by atoms with E-state index in [-0.39, 0.29) is 23.9 Å². The molecule has 138 valence electrons. The van der Waals surface area contributed by atoms with Crippen LogP contribution < -0.4 is 0 Å². The first kappa shape index (κ1) is 18.9. The van der Waals surface area contributed by atoms with Crippen LogP contribution >= 0.6 is 11.6 Å². The van der Waals surface area contributed by atoms with E-state index in [1.54, 1.807) is 17.0 Å². The Labute approximate surface area is 159 Å². The zero-order valence-electron chi connectivity index (χ0n) is 14.6. The van der Waals surface area contributed by atoms with Gasteiger partial charge in [0.25, 0.3) is 5.91 Å². The molecule has 26 heavy (non-hydrogen) atoms. The van der Waals surface area contributed by atoms with Gasteiger partial charge in [0, 0.05) is 36.8 Å². The van der Waals surface area contributed by atoms with Gasteiger partial charge >= 0.3 is 0 Å². The minimum absolute atomic E-state index is 0.0591. The van der Waals surface area contributed by atoms with Crippen LogP contribution in [-0.2, 0) is 16.4 Å². The van der Waals surface area contributed by atoms with Crippen molar-refractivity contribution in [3.63, 3.8) is 0 Å². The quantitative estimate of drug-likeness (QED) is 0.803. The number of halogens is 1. The number of carbonyl (C=O) groups is 1. The van der Waals surface area contributed by atoms with Gasteiger partial charge in [-0.3, -0.25) is 4.79 Å². The summed E-state index contributed by atoms with van der Waals surface area (Å²) in [4.78, 5) is 14.5. The van der Waals surface area contributed by atoms with Crippen molar-refractivity contribution >= 4 is 27.5 Å². The Kier molecular flexibility index (Phi) is 5.65. The maximum absolute atomic E-state index is 12.7. The van der Waals surface area contributed by atoms with Gasteiger partial charge in [0.05, 0.1) is 4.90 Å². The molecule has 1 fully saturated rings. The molecule has 0 unspecified atom stereocenters. The molecule has 1 amide bonds. The Morgan fingerprint density at radius 2 is 1.54 bits per heavy atom. The third-order valence-electron chi connectivity index (χ3n) is 4.59. The van der Waals surface area contributed by atoms with Gasteiger partial charge in [0.1, 0.15) is 0 Å². The van der Waals surface area contributed by atoms with Crippen molar-refractivity contribution in [2.24, 2.45) is 0 Å². The van der Waals surface area contributed by atoms with Gasteiger partial charge in [0.2, 0.25) is 10.0 Å². The maximum Gasteiger partial charge on any atom is 0.253 e. The van der Waals surface area contributed by atoms with Crippen LogP contribution in [0.25, 0.3) is 0 Å². The summed E-state index contributed by atoms with van der Waals surface area (Å²) >= 11 is 5.83. The molecular formula is C19H21ClN2O3S. The second kappa shape index (κ2) is 7.78. The largest absolute Gasteiger partial charge is 0.336 e. The molecule has 1 aliphatic rings. The molecule has 3 rings (SSSR count). The molecule has 0 atom stereocenters. The van der Waals surface area contributed by atoms with E-state index in [2.05, 4.69) is 6.92 Å². The first-order valence-electron chi connectivity index (χ1n) is 8.56. The molecule has 0 N–H and O–H groups in total. The third kappa shape index (κ3) is 3.92. The van der Waals surface area contributed by atoms with Crippen molar-refractivity contribution in [3.8, 4) is 0 Å². The number of sulfonamides is 1. The molecule has 7 heteroatoms. The van der Waals surface area contributed by atoms with Crippen molar-refractivity contribution in [2.45, 2.75) is 18.2 Å². The fourth-order valence-corrected chi connectivity index (χ4v) is 4.50. The number of piperazine rings is 1. The SMILES string of the molecule is CCc1ccc(C(=O)N2CCN(S(=O)(=O)c3ccc(Cl)cc3)CC2)cc1. The van der Waals surface area contributed by atoms with Crippen LogP contribution in [0.15, 0.2) is 53.4 Å². The fraction of sp³-hybridized carbons (Fsp3) is 0.316. The summed E-state index contributed by atoms with van der Waals surface area (Å²) in [7, 11) is -3.56. The van der Waals surface area contributed by atoms with Gasteiger partial charge < -0.3 is 4.90 Å². The van der Waals surface area contributed by atoms with Crippen LogP contribution in [0.5, 0.6) is 0 Å². The molecule has 0 saturated carbocycles. The van der Waals surface area contributed by atoms with Crippen molar-refractivity contribution in [1.82, 2.24) is 9.21 Å². The van der Waals surface area contributed by atoms with Crippen molar-refractivity contribution in [1.29, 1.82) is 0 Å². The minimum atomic E-state index is -3.56. The molecule has 1 saturated heterocycles. The van der Waals surface area contributed by atoms with Crippen LogP contribution in [0, 0.1) is 0 Å². The van der Waals surface area contributed by atoms with Crippen LogP contribution in [0.3, 0.4) is 0 Å². The summed E-state index contributed by atoms with van der Waals surface area (Å²) in [6.07, 6.45) is 0.926. The molecule has 0 aromatic heterocycles. The fourth-order valence-electron chi connectivity index (χ4n) is 2.95. The van der Waals surface area contributed by atoms with Crippen LogP contribution in [0.1, 0.15) is 22.8 Å². The van der Waals surface area contributed by atoms with E-state index in [0.29, 0.717) is 23.7 Å². The highest BCUT2D eigenvalue weighted by Gasteiger charge is 2.30. The first-order chi connectivity index (χ1) is 12.4. The lowest BCUT2D eigenvalue weighted by atomic mass is 10.1. The second-order valence-corrected chi connectivity index (χ2v) is 8.58. The topological polar surface area (TPSA) is 57.7 Å². The van der Waals surface area contributed by atoms with E-state index in [4.69, 9.17) is 11.6 Å². The normalized spacial score (nSPS) is 15.8. The Hall–Kier alpha value is -1.89. The summed E-state index contributed by atoms with van der Waals surface area (Å²) in [6, 6.07) is 13.7. The van der Waals surface area contributed by atoms with Crippen molar-refractivity contribution < 1.29 is 13.2 Å². The van der Waals surface area contributed by atoms with E-state index in [9.17, 15) is 13.2 Å². The minimum Gasteiger partial charge on any atom is -0.336 e. The molecular weight excluding hydrogens is 372 g/mol. The summed E-state index contributed by atoms with van der Waals surface area (Å²) in [5.41, 5.74) is 1.82. The van der Waals surface area contributed by atoms with Gasteiger partial charge in [-0.15, -0.1) is 0 Å². The Bertz CT molecular complexity index is 872. The smallest absolute Gasteiger partial charge is 0.253 e. The molecule has 2 aromatic carbocycles.